The molecule has 1 aromatic heterocycles. The van der Waals surface area contributed by atoms with Crippen LogP contribution in [0.25, 0.3) is 0 Å². The minimum atomic E-state index is -0.403. The fourth-order valence-electron chi connectivity index (χ4n) is 1.15. The Morgan fingerprint density at radius 3 is 2.77 bits per heavy atom. The average molecular weight is 184 g/mol. The summed E-state index contributed by atoms with van der Waals surface area (Å²) in [6, 6.07) is 0. The van der Waals surface area contributed by atoms with Crippen LogP contribution in [0.2, 0.25) is 0 Å². The van der Waals surface area contributed by atoms with E-state index in [1.807, 2.05) is 6.92 Å². The molecule has 0 aliphatic carbocycles. The van der Waals surface area contributed by atoms with Crippen molar-refractivity contribution in [2.45, 2.75) is 26.7 Å². The Morgan fingerprint density at radius 2 is 2.31 bits per heavy atom. The maximum atomic E-state index is 10.7. The number of amides is 1. The Balaban J connectivity index is 2.58. The zero-order valence-corrected chi connectivity index (χ0v) is 7.63. The number of aryl methyl sites for hydroxylation is 2. The number of carbonyl (C=O) groups is 1. The minimum Gasteiger partial charge on any atom is -0.361 e. The summed E-state index contributed by atoms with van der Waals surface area (Å²) in [4.78, 5) is 10.7. The van der Waals surface area contributed by atoms with E-state index in [9.17, 15) is 4.79 Å². The van der Waals surface area contributed by atoms with Crippen molar-refractivity contribution < 1.29 is 14.5 Å². The SMILES string of the molecule is Cc1noc(C)c1CCC(=O)NO. The smallest absolute Gasteiger partial charge is 0.243 e. The fourth-order valence-corrected chi connectivity index (χ4v) is 1.15. The predicted octanol–water partition coefficient (Wildman–Crippen LogP) is 0.729. The van der Waals surface area contributed by atoms with Crippen molar-refractivity contribution in [3.63, 3.8) is 0 Å². The van der Waals surface area contributed by atoms with Gasteiger partial charge in [-0.25, -0.2) is 5.48 Å². The molecule has 0 spiro atoms. The van der Waals surface area contributed by atoms with Crippen LogP contribution in [0.15, 0.2) is 4.52 Å². The second kappa shape index (κ2) is 4.04. The van der Waals surface area contributed by atoms with E-state index in [0.29, 0.717) is 6.42 Å². The van der Waals surface area contributed by atoms with Gasteiger partial charge in [-0.05, 0) is 20.3 Å². The Morgan fingerprint density at radius 1 is 1.62 bits per heavy atom. The van der Waals surface area contributed by atoms with Crippen molar-refractivity contribution in [2.24, 2.45) is 0 Å². The number of rotatable bonds is 3. The maximum Gasteiger partial charge on any atom is 0.243 e. The molecule has 2 N–H and O–H groups in total. The number of hydrogen-bond acceptors (Lipinski definition) is 4. The third-order valence-corrected chi connectivity index (χ3v) is 1.91. The summed E-state index contributed by atoms with van der Waals surface area (Å²) in [6.45, 7) is 3.62. The third-order valence-electron chi connectivity index (χ3n) is 1.91. The molecule has 0 saturated heterocycles. The Labute approximate surface area is 75.7 Å². The van der Waals surface area contributed by atoms with E-state index < -0.39 is 5.91 Å². The highest BCUT2D eigenvalue weighted by atomic mass is 16.5. The minimum absolute atomic E-state index is 0.236. The zero-order chi connectivity index (χ0) is 9.84. The van der Waals surface area contributed by atoms with E-state index in [-0.39, 0.29) is 6.42 Å². The van der Waals surface area contributed by atoms with Gasteiger partial charge in [0.15, 0.2) is 0 Å². The molecule has 0 radical (unpaired) electrons. The van der Waals surface area contributed by atoms with E-state index >= 15 is 0 Å². The van der Waals surface area contributed by atoms with Crippen LogP contribution in [0.1, 0.15) is 23.4 Å². The molecule has 0 aliphatic heterocycles. The van der Waals surface area contributed by atoms with Gasteiger partial charge >= 0.3 is 0 Å². The molecule has 72 valence electrons. The van der Waals surface area contributed by atoms with E-state index in [0.717, 1.165) is 17.0 Å². The average Bonchev–Trinajstić information content (AvgIpc) is 2.43. The number of nitrogens with one attached hydrogen (secondary N) is 1. The van der Waals surface area contributed by atoms with Gasteiger partial charge in [0.1, 0.15) is 5.76 Å². The molecule has 13 heavy (non-hydrogen) atoms. The van der Waals surface area contributed by atoms with Gasteiger partial charge < -0.3 is 4.52 Å². The van der Waals surface area contributed by atoms with Gasteiger partial charge in [0, 0.05) is 12.0 Å². The molecule has 0 unspecified atom stereocenters. The molecule has 5 nitrogen and oxygen atoms in total. The second-order valence-corrected chi connectivity index (χ2v) is 2.84. The lowest BCUT2D eigenvalue weighted by Gasteiger charge is -1.98. The van der Waals surface area contributed by atoms with Crippen molar-refractivity contribution in [1.82, 2.24) is 10.6 Å². The van der Waals surface area contributed by atoms with Crippen molar-refractivity contribution in [1.29, 1.82) is 0 Å². The number of hydrogen-bond donors (Lipinski definition) is 2. The van der Waals surface area contributed by atoms with E-state index in [1.165, 1.54) is 0 Å². The first kappa shape index (κ1) is 9.73. The Bertz CT molecular complexity index is 287. The summed E-state index contributed by atoms with van der Waals surface area (Å²) < 4.78 is 4.92. The normalized spacial score (nSPS) is 10.1. The quantitative estimate of drug-likeness (QED) is 0.536. The summed E-state index contributed by atoms with van der Waals surface area (Å²) in [6.07, 6.45) is 0.771. The molecule has 0 atom stereocenters. The first-order valence-corrected chi connectivity index (χ1v) is 4.00. The van der Waals surface area contributed by atoms with Crippen LogP contribution < -0.4 is 5.48 Å². The fraction of sp³-hybridized carbons (Fsp3) is 0.500. The highest BCUT2D eigenvalue weighted by molar-refractivity contribution is 5.74. The molecule has 0 fully saturated rings. The largest absolute Gasteiger partial charge is 0.361 e. The highest BCUT2D eigenvalue weighted by Gasteiger charge is 2.10. The van der Waals surface area contributed by atoms with E-state index in [2.05, 4.69) is 5.16 Å². The zero-order valence-electron chi connectivity index (χ0n) is 7.63. The first-order chi connectivity index (χ1) is 6.15. The lowest BCUT2D eigenvalue weighted by atomic mass is 10.1. The van der Waals surface area contributed by atoms with Gasteiger partial charge in [-0.1, -0.05) is 5.16 Å². The molecule has 0 aromatic carbocycles. The predicted molar refractivity (Wildman–Crippen MR) is 44.2 cm³/mol. The highest BCUT2D eigenvalue weighted by Crippen LogP contribution is 2.13. The molecule has 1 aromatic rings. The van der Waals surface area contributed by atoms with Crippen molar-refractivity contribution in [2.75, 3.05) is 0 Å². The van der Waals surface area contributed by atoms with Gasteiger partial charge in [0.2, 0.25) is 5.91 Å². The van der Waals surface area contributed by atoms with Crippen LogP contribution in [0.4, 0.5) is 0 Å². The van der Waals surface area contributed by atoms with Gasteiger partial charge in [-0.2, -0.15) is 0 Å². The van der Waals surface area contributed by atoms with Gasteiger partial charge in [-0.15, -0.1) is 0 Å². The molecule has 1 heterocycles. The third kappa shape index (κ3) is 2.29. The van der Waals surface area contributed by atoms with Gasteiger partial charge in [0.05, 0.1) is 5.69 Å². The molecule has 0 aliphatic rings. The van der Waals surface area contributed by atoms with Crippen molar-refractivity contribution >= 4 is 5.91 Å². The lowest BCUT2D eigenvalue weighted by Crippen LogP contribution is -2.18. The van der Waals surface area contributed by atoms with Crippen LogP contribution >= 0.6 is 0 Å². The van der Waals surface area contributed by atoms with Crippen LogP contribution in [0.3, 0.4) is 0 Å². The van der Waals surface area contributed by atoms with Crippen molar-refractivity contribution in [3.05, 3.63) is 17.0 Å². The topological polar surface area (TPSA) is 75.4 Å². The maximum absolute atomic E-state index is 10.7. The second-order valence-electron chi connectivity index (χ2n) is 2.84. The summed E-state index contributed by atoms with van der Waals surface area (Å²) in [5.41, 5.74) is 3.30. The number of aromatic nitrogens is 1. The van der Waals surface area contributed by atoms with Crippen LogP contribution in [0.5, 0.6) is 0 Å². The van der Waals surface area contributed by atoms with Crippen molar-refractivity contribution in [3.8, 4) is 0 Å². The lowest BCUT2D eigenvalue weighted by molar-refractivity contribution is -0.129. The van der Waals surface area contributed by atoms with Crippen LogP contribution in [-0.4, -0.2) is 16.3 Å². The number of hydroxylamine groups is 1. The molecule has 5 heteroatoms. The number of carbonyl (C=O) groups excluding carboxylic acids is 1. The number of nitrogens with zero attached hydrogens (tertiary/aromatic N) is 1. The monoisotopic (exact) mass is 184 g/mol. The van der Waals surface area contributed by atoms with Crippen LogP contribution in [0, 0.1) is 13.8 Å². The summed E-state index contributed by atoms with van der Waals surface area (Å²) in [7, 11) is 0. The molecule has 0 bridgehead atoms. The standard InChI is InChI=1S/C8H12N2O3/c1-5-7(6(2)13-10-5)3-4-8(11)9-12/h12H,3-4H2,1-2H3,(H,9,11). The Hall–Kier alpha value is -1.36. The van der Waals surface area contributed by atoms with E-state index in [4.69, 9.17) is 9.73 Å². The molecular formula is C8H12N2O3. The van der Waals surface area contributed by atoms with Gasteiger partial charge in [0.25, 0.3) is 0 Å². The summed E-state index contributed by atoms with van der Waals surface area (Å²) >= 11 is 0. The van der Waals surface area contributed by atoms with Crippen LogP contribution in [-0.2, 0) is 11.2 Å². The summed E-state index contributed by atoms with van der Waals surface area (Å²) in [5, 5.41) is 12.0. The van der Waals surface area contributed by atoms with E-state index in [1.54, 1.807) is 12.4 Å². The molecule has 1 amide bonds. The van der Waals surface area contributed by atoms with Gasteiger partial charge in [-0.3, -0.25) is 10.0 Å². The molecular weight excluding hydrogens is 172 g/mol. The molecule has 0 saturated carbocycles. The summed E-state index contributed by atoms with van der Waals surface area (Å²) in [5.74, 6) is 0.322. The molecule has 1 rings (SSSR count). The first-order valence-electron chi connectivity index (χ1n) is 4.00. The Kier molecular flexibility index (Phi) is 3.02.